The quantitative estimate of drug-likeness (QED) is 0.140. The Morgan fingerprint density at radius 3 is 1.41 bits per heavy atom. The first kappa shape index (κ1) is 48.1. The van der Waals surface area contributed by atoms with Crippen LogP contribution < -0.4 is 0 Å². The molecule has 0 spiro atoms. The van der Waals surface area contributed by atoms with E-state index in [4.69, 9.17) is 10.2 Å². The van der Waals surface area contributed by atoms with Gasteiger partial charge in [-0.3, -0.25) is 19.2 Å². The molecule has 1 aliphatic heterocycles. The Morgan fingerprint density at radius 1 is 0.562 bits per heavy atom. The van der Waals surface area contributed by atoms with Crippen LogP contribution >= 0.6 is 47.0 Å². The molecule has 1 atom stereocenters. The van der Waals surface area contributed by atoms with Crippen LogP contribution in [0.2, 0.25) is 0 Å². The highest BCUT2D eigenvalue weighted by molar-refractivity contribution is 8.00. The molecule has 0 radical (unpaired) electrons. The second kappa shape index (κ2) is 25.3. The minimum Gasteiger partial charge on any atom is -0.481 e. The summed E-state index contributed by atoms with van der Waals surface area (Å²) in [7, 11) is 3.40. The maximum absolute atomic E-state index is 12.7. The molecule has 0 saturated heterocycles. The third-order valence-corrected chi connectivity index (χ3v) is 11.7. The monoisotopic (exact) mass is 946 g/mol. The minimum absolute atomic E-state index is 0.0196. The summed E-state index contributed by atoms with van der Waals surface area (Å²) in [6.45, 7) is 1.54. The fourth-order valence-corrected chi connectivity index (χ4v) is 7.48. The van der Waals surface area contributed by atoms with E-state index in [1.54, 1.807) is 30.0 Å². The Bertz CT molecular complexity index is 2520. The molecule has 1 amide bonds. The zero-order valence-electron chi connectivity index (χ0n) is 34.1. The number of carboxylic acid groups (broad SMARTS) is 2. The van der Waals surface area contributed by atoms with E-state index in [9.17, 15) is 19.2 Å². The fraction of sp³-hybridized carbons (Fsp3) is 0.250. The van der Waals surface area contributed by atoms with Gasteiger partial charge in [-0.15, -0.1) is 20.4 Å². The van der Waals surface area contributed by atoms with E-state index in [1.807, 2.05) is 91.0 Å². The van der Waals surface area contributed by atoms with E-state index in [-0.39, 0.29) is 35.0 Å². The molecule has 0 aliphatic carbocycles. The summed E-state index contributed by atoms with van der Waals surface area (Å²) in [5.41, 5.74) is 2.74. The number of amides is 1. The number of aromatic nitrogens is 16. The number of hydrogen-bond acceptors (Lipinski definition) is 21. The molecule has 24 nitrogen and oxygen atoms in total. The van der Waals surface area contributed by atoms with Gasteiger partial charge in [0.15, 0.2) is 0 Å². The number of hydrogen-bond donors (Lipinski definition) is 2. The fourth-order valence-electron chi connectivity index (χ4n) is 4.90. The lowest BCUT2D eigenvalue weighted by molar-refractivity contribution is -0.134. The summed E-state index contributed by atoms with van der Waals surface area (Å²) in [6, 6.07) is 28.8. The van der Waals surface area contributed by atoms with Gasteiger partial charge in [0.1, 0.15) is 5.78 Å². The number of tetrazole rings is 4. The van der Waals surface area contributed by atoms with E-state index in [1.165, 1.54) is 44.5 Å². The molecule has 0 fully saturated rings. The summed E-state index contributed by atoms with van der Waals surface area (Å²) < 4.78 is 6.09. The van der Waals surface area contributed by atoms with Crippen molar-refractivity contribution >= 4 is 76.9 Å². The van der Waals surface area contributed by atoms with Crippen LogP contribution in [0.5, 0.6) is 0 Å². The second-order valence-electron chi connectivity index (χ2n) is 12.4. The zero-order chi connectivity index (χ0) is 45.7. The molecule has 28 heteroatoms. The van der Waals surface area contributed by atoms with Gasteiger partial charge in [0.2, 0.25) is 20.6 Å². The first-order valence-electron chi connectivity index (χ1n) is 18.5. The molecule has 4 aromatic heterocycles. The predicted octanol–water partition coefficient (Wildman–Crippen LogP) is 2.83. The number of nitrogens with zero attached hydrogens (tertiary/aromatic N) is 18. The van der Waals surface area contributed by atoms with Crippen molar-refractivity contribution in [1.29, 1.82) is 0 Å². The average molecular weight is 947 g/mol. The molecule has 64 heavy (non-hydrogen) atoms. The summed E-state index contributed by atoms with van der Waals surface area (Å²) in [5, 5.41) is 69.0. The summed E-state index contributed by atoms with van der Waals surface area (Å²) in [4.78, 5) is 43.8. The lowest BCUT2D eigenvalue weighted by Gasteiger charge is -2.21. The van der Waals surface area contributed by atoms with E-state index in [0.29, 0.717) is 26.4 Å². The molecule has 0 bridgehead atoms. The topological polar surface area (TPSA) is 299 Å². The van der Waals surface area contributed by atoms with Crippen LogP contribution in [0, 0.1) is 0 Å². The number of benzene rings is 3. The van der Waals surface area contributed by atoms with Gasteiger partial charge in [-0.1, -0.05) is 114 Å². The molecule has 3 aromatic carbocycles. The Hall–Kier alpha value is -6.91. The number of carbonyl (C=O) groups is 4. The Balaban J connectivity index is 0.000000174. The molecular formula is C36H38N18O6S4. The van der Waals surface area contributed by atoms with Gasteiger partial charge in [-0.05, 0) is 78.5 Å². The molecule has 8 rings (SSSR count). The number of carbonyl (C=O) groups excluding carboxylic acids is 2. The van der Waals surface area contributed by atoms with Crippen molar-refractivity contribution in [2.45, 2.75) is 40.0 Å². The number of thioether (sulfide) groups is 4. The maximum Gasteiger partial charge on any atom is 0.313 e. The maximum atomic E-state index is 12.7. The summed E-state index contributed by atoms with van der Waals surface area (Å²) in [5.74, 6) is -1.16. The van der Waals surface area contributed by atoms with Crippen molar-refractivity contribution in [3.8, 4) is 11.4 Å². The molecule has 332 valence electrons. The first-order chi connectivity index (χ1) is 31.0. The van der Waals surface area contributed by atoms with Crippen LogP contribution in [0.15, 0.2) is 117 Å². The first-order valence-corrected chi connectivity index (χ1v) is 22.4. The largest absolute Gasteiger partial charge is 0.481 e. The van der Waals surface area contributed by atoms with Crippen LogP contribution in [0.25, 0.3) is 11.4 Å². The van der Waals surface area contributed by atoms with Crippen molar-refractivity contribution < 1.29 is 29.4 Å². The molecular weight excluding hydrogens is 909 g/mol. The molecule has 2 N–H and O–H groups in total. The van der Waals surface area contributed by atoms with Crippen molar-refractivity contribution in [2.24, 2.45) is 19.2 Å². The lowest BCUT2D eigenvalue weighted by atomic mass is 10.0. The van der Waals surface area contributed by atoms with Crippen molar-refractivity contribution in [3.63, 3.8) is 0 Å². The molecule has 7 aromatic rings. The van der Waals surface area contributed by atoms with Gasteiger partial charge < -0.3 is 10.2 Å². The van der Waals surface area contributed by atoms with Crippen molar-refractivity contribution in [3.05, 3.63) is 96.6 Å². The van der Waals surface area contributed by atoms with Crippen LogP contribution in [-0.4, -0.2) is 149 Å². The smallest absolute Gasteiger partial charge is 0.313 e. The number of rotatable bonds is 15. The van der Waals surface area contributed by atoms with Gasteiger partial charge in [-0.2, -0.15) is 14.5 Å². The second-order valence-corrected chi connectivity index (χ2v) is 16.2. The molecule has 0 saturated carbocycles. The summed E-state index contributed by atoms with van der Waals surface area (Å²) >= 11 is 4.81. The SMILES string of the molecule is CC(=O)CSc1nnnn1C.Cn1nnnc1SCC(=O)O.O=C(CSc1nnnn1-c1ccccc1)N1N=CCC1c1ccccc1.O=C(O)CSc1nnnn1-c1ccccc1. The van der Waals surface area contributed by atoms with Gasteiger partial charge in [-0.25, -0.2) is 14.4 Å². The number of aryl methyl sites for hydroxylation is 2. The highest BCUT2D eigenvalue weighted by Gasteiger charge is 2.28. The summed E-state index contributed by atoms with van der Waals surface area (Å²) in [6.07, 6.45) is 2.51. The lowest BCUT2D eigenvalue weighted by Crippen LogP contribution is -2.28. The number of aliphatic carboxylic acids is 2. The minimum atomic E-state index is -0.896. The number of Topliss-reactive ketones (excluding diaryl/α,β-unsaturated/α-hetero) is 1. The average Bonchev–Trinajstić information content (AvgIpc) is 4.17. The molecule has 1 unspecified atom stereocenters. The van der Waals surface area contributed by atoms with Crippen LogP contribution in [0.1, 0.15) is 24.9 Å². The third kappa shape index (κ3) is 15.2. The highest BCUT2D eigenvalue weighted by Crippen LogP contribution is 2.29. The normalized spacial score (nSPS) is 12.5. The van der Waals surface area contributed by atoms with Crippen LogP contribution in [0.4, 0.5) is 0 Å². The zero-order valence-corrected chi connectivity index (χ0v) is 37.3. The number of hydrazone groups is 1. The third-order valence-electron chi connectivity index (χ3n) is 7.69. The molecule has 5 heterocycles. The van der Waals surface area contributed by atoms with Crippen LogP contribution in [-0.2, 0) is 33.3 Å². The Kier molecular flexibility index (Phi) is 19.0. The standard InChI is InChI=1S/C18H16N6OS.C9H8N4O2S.C5H8N4OS.C4H6N4O2S/c25-17(24-16(11-12-19-24)14-7-3-1-4-8-14)13-26-18-20-21-22-23(18)15-9-5-2-6-10-15;14-8(15)6-16-9-10-11-12-13(9)7-4-2-1-3-5-7;1-4(10)3-11-5-6-7-8-9(5)2;1-8-4(5-6-7-8)11-2-3(9)10/h1-10,12,16H,11,13H2;1-5H,6H2,(H,14,15);3H2,1-2H3;2H2,1H3,(H,9,10). The number of carboxylic acids is 2. The van der Waals surface area contributed by atoms with E-state index < -0.39 is 11.9 Å². The Labute approximate surface area is 380 Å². The highest BCUT2D eigenvalue weighted by atomic mass is 32.2. The van der Waals surface area contributed by atoms with E-state index in [2.05, 4.69) is 67.2 Å². The van der Waals surface area contributed by atoms with E-state index in [0.717, 1.165) is 46.9 Å². The molecule has 1 aliphatic rings. The van der Waals surface area contributed by atoms with Gasteiger partial charge in [0.25, 0.3) is 5.91 Å². The van der Waals surface area contributed by atoms with Gasteiger partial charge >= 0.3 is 11.9 Å². The van der Waals surface area contributed by atoms with Gasteiger partial charge in [0.05, 0.1) is 40.4 Å². The van der Waals surface area contributed by atoms with Gasteiger partial charge in [0, 0.05) is 26.7 Å². The van der Waals surface area contributed by atoms with Crippen molar-refractivity contribution in [1.82, 2.24) is 85.8 Å². The number of ketones is 1. The van der Waals surface area contributed by atoms with E-state index >= 15 is 0 Å². The predicted molar refractivity (Wildman–Crippen MR) is 234 cm³/mol. The van der Waals surface area contributed by atoms with Crippen molar-refractivity contribution in [2.75, 3.05) is 23.0 Å². The van der Waals surface area contributed by atoms with Crippen LogP contribution in [0.3, 0.4) is 0 Å². The Morgan fingerprint density at radius 2 is 0.969 bits per heavy atom. The number of para-hydroxylation sites is 2.